The van der Waals surface area contributed by atoms with Gasteiger partial charge in [0.25, 0.3) is 0 Å². The molecule has 1 aliphatic heterocycles. The number of fused-ring (bicyclic) bond motifs is 1. The van der Waals surface area contributed by atoms with E-state index in [1.165, 1.54) is 11.1 Å². The number of carbonyl (C=O) groups is 1. The number of anilines is 2. The van der Waals surface area contributed by atoms with Crippen molar-refractivity contribution in [1.29, 1.82) is 0 Å². The summed E-state index contributed by atoms with van der Waals surface area (Å²) in [6.07, 6.45) is 7.17. The Morgan fingerprint density at radius 2 is 1.88 bits per heavy atom. The van der Waals surface area contributed by atoms with Gasteiger partial charge in [-0.25, -0.2) is 4.79 Å². The van der Waals surface area contributed by atoms with Crippen LogP contribution in [0.1, 0.15) is 25.3 Å². The number of hydrogen-bond acceptors (Lipinski definition) is 2. The average Bonchev–Trinajstić information content (AvgIpc) is 2.81. The summed E-state index contributed by atoms with van der Waals surface area (Å²) < 4.78 is 0. The summed E-state index contributed by atoms with van der Waals surface area (Å²) in [6.45, 7) is 2.17. The second-order valence-electron chi connectivity index (χ2n) is 6.89. The lowest BCUT2D eigenvalue weighted by Gasteiger charge is -2.32. The molecule has 4 nitrogen and oxygen atoms in total. The number of phenols is 1. The van der Waals surface area contributed by atoms with Crippen LogP contribution in [0.2, 0.25) is 0 Å². The smallest absolute Gasteiger partial charge is 0.330 e. The van der Waals surface area contributed by atoms with Crippen LogP contribution in [0.4, 0.5) is 16.2 Å². The first-order chi connectivity index (χ1) is 12.6. The lowest BCUT2D eigenvalue weighted by Crippen LogP contribution is -2.37. The SMILES string of the molecule is CC1CC=CC2=C1N(C(=O)Nc1ccc(O)cc1)c1ccccc1CC2. The van der Waals surface area contributed by atoms with Gasteiger partial charge in [0.05, 0.1) is 5.69 Å². The van der Waals surface area contributed by atoms with Crippen molar-refractivity contribution in [3.63, 3.8) is 0 Å². The number of carbonyl (C=O) groups excluding carboxylic acids is 1. The number of nitrogens with one attached hydrogen (secondary N) is 1. The second-order valence-corrected chi connectivity index (χ2v) is 6.89. The van der Waals surface area contributed by atoms with Crippen LogP contribution in [-0.2, 0) is 6.42 Å². The molecule has 0 fully saturated rings. The fourth-order valence-electron chi connectivity index (χ4n) is 3.79. The van der Waals surface area contributed by atoms with Gasteiger partial charge in [-0.05, 0) is 60.7 Å². The van der Waals surface area contributed by atoms with Crippen LogP contribution < -0.4 is 10.2 Å². The highest BCUT2D eigenvalue weighted by molar-refractivity contribution is 6.05. The van der Waals surface area contributed by atoms with E-state index < -0.39 is 0 Å². The molecule has 132 valence electrons. The van der Waals surface area contributed by atoms with Gasteiger partial charge in [0, 0.05) is 17.3 Å². The van der Waals surface area contributed by atoms with Crippen molar-refractivity contribution in [3.8, 4) is 5.75 Å². The third-order valence-electron chi connectivity index (χ3n) is 5.06. The minimum atomic E-state index is -0.167. The molecule has 1 atom stereocenters. The number of allylic oxidation sites excluding steroid dienone is 4. The molecule has 0 saturated heterocycles. The van der Waals surface area contributed by atoms with E-state index in [4.69, 9.17) is 0 Å². The number of rotatable bonds is 1. The molecule has 0 spiro atoms. The van der Waals surface area contributed by atoms with E-state index in [9.17, 15) is 9.90 Å². The minimum Gasteiger partial charge on any atom is -0.508 e. The van der Waals surface area contributed by atoms with Crippen LogP contribution in [0.5, 0.6) is 5.75 Å². The molecule has 2 aromatic carbocycles. The van der Waals surface area contributed by atoms with Crippen molar-refractivity contribution in [2.75, 3.05) is 10.2 Å². The van der Waals surface area contributed by atoms with Crippen molar-refractivity contribution in [3.05, 3.63) is 77.5 Å². The fourth-order valence-corrected chi connectivity index (χ4v) is 3.79. The van der Waals surface area contributed by atoms with Gasteiger partial charge in [-0.3, -0.25) is 4.90 Å². The van der Waals surface area contributed by atoms with E-state index in [1.54, 1.807) is 24.3 Å². The van der Waals surface area contributed by atoms with Crippen molar-refractivity contribution in [2.24, 2.45) is 5.92 Å². The quantitative estimate of drug-likeness (QED) is 0.695. The second kappa shape index (κ2) is 6.71. The monoisotopic (exact) mass is 346 g/mol. The summed E-state index contributed by atoms with van der Waals surface area (Å²) in [7, 11) is 0. The Morgan fingerprint density at radius 3 is 2.69 bits per heavy atom. The number of phenolic OH excluding ortho intramolecular Hbond substituents is 1. The molecule has 2 amide bonds. The number of nitrogens with zero attached hydrogens (tertiary/aromatic N) is 1. The lowest BCUT2D eigenvalue weighted by molar-refractivity contribution is 0.257. The summed E-state index contributed by atoms with van der Waals surface area (Å²) >= 11 is 0. The van der Waals surface area contributed by atoms with Crippen molar-refractivity contribution in [2.45, 2.75) is 26.2 Å². The van der Waals surface area contributed by atoms with Gasteiger partial charge in [0.2, 0.25) is 0 Å². The van der Waals surface area contributed by atoms with E-state index in [0.717, 1.165) is 30.6 Å². The molecule has 1 unspecified atom stereocenters. The molecule has 0 aromatic heterocycles. The molecule has 26 heavy (non-hydrogen) atoms. The average molecular weight is 346 g/mol. The van der Waals surface area contributed by atoms with Gasteiger partial charge >= 0.3 is 6.03 Å². The number of urea groups is 1. The van der Waals surface area contributed by atoms with Gasteiger partial charge in [-0.1, -0.05) is 37.3 Å². The normalized spacial score (nSPS) is 18.8. The number of para-hydroxylation sites is 1. The highest BCUT2D eigenvalue weighted by Gasteiger charge is 2.31. The van der Waals surface area contributed by atoms with E-state index in [1.807, 2.05) is 23.1 Å². The first kappa shape index (κ1) is 16.5. The van der Waals surface area contributed by atoms with Crippen molar-refractivity contribution < 1.29 is 9.90 Å². The molecule has 1 aliphatic carbocycles. The summed E-state index contributed by atoms with van der Waals surface area (Å²) in [6, 6.07) is 14.5. The molecule has 2 aliphatic rings. The Balaban J connectivity index is 1.77. The van der Waals surface area contributed by atoms with Crippen molar-refractivity contribution in [1.82, 2.24) is 0 Å². The van der Waals surface area contributed by atoms with Crippen LogP contribution in [0.15, 0.2) is 72.0 Å². The number of benzene rings is 2. The van der Waals surface area contributed by atoms with Crippen molar-refractivity contribution >= 4 is 17.4 Å². The summed E-state index contributed by atoms with van der Waals surface area (Å²) in [4.78, 5) is 15.1. The molecule has 0 bridgehead atoms. The Hall–Kier alpha value is -3.01. The van der Waals surface area contributed by atoms with Gasteiger partial charge in [0.15, 0.2) is 0 Å². The molecular weight excluding hydrogens is 324 g/mol. The van der Waals surface area contributed by atoms with Gasteiger partial charge in [0.1, 0.15) is 5.75 Å². The maximum atomic E-state index is 13.3. The zero-order valence-corrected chi connectivity index (χ0v) is 14.8. The lowest BCUT2D eigenvalue weighted by atomic mass is 9.91. The minimum absolute atomic E-state index is 0.167. The zero-order valence-electron chi connectivity index (χ0n) is 14.8. The molecule has 4 rings (SSSR count). The maximum absolute atomic E-state index is 13.3. The predicted molar refractivity (Wildman–Crippen MR) is 104 cm³/mol. The van der Waals surface area contributed by atoms with Crippen LogP contribution in [0.25, 0.3) is 0 Å². The topological polar surface area (TPSA) is 52.6 Å². The molecule has 2 N–H and O–H groups in total. The molecular formula is C22H22N2O2. The first-order valence-electron chi connectivity index (χ1n) is 9.01. The van der Waals surface area contributed by atoms with Gasteiger partial charge in [-0.2, -0.15) is 0 Å². The zero-order chi connectivity index (χ0) is 18.1. The number of hydrogen-bond donors (Lipinski definition) is 2. The number of aryl methyl sites for hydroxylation is 1. The standard InChI is InChI=1S/C22H22N2O2/c1-15-5-4-7-17-10-9-16-6-2-3-8-20(16)24(21(15)17)22(26)23-18-11-13-19(25)14-12-18/h2-4,6-8,11-15,25H,5,9-10H2,1H3,(H,23,26). The van der Waals surface area contributed by atoms with E-state index in [0.29, 0.717) is 5.69 Å². The Morgan fingerprint density at radius 1 is 1.12 bits per heavy atom. The van der Waals surface area contributed by atoms with Gasteiger partial charge < -0.3 is 10.4 Å². The largest absolute Gasteiger partial charge is 0.508 e. The third-order valence-corrected chi connectivity index (χ3v) is 5.06. The highest BCUT2D eigenvalue weighted by atomic mass is 16.3. The Bertz CT molecular complexity index is 897. The fraction of sp³-hybridized carbons (Fsp3) is 0.227. The van der Waals surface area contributed by atoms with E-state index >= 15 is 0 Å². The molecule has 2 aromatic rings. The first-order valence-corrected chi connectivity index (χ1v) is 9.01. The summed E-state index contributed by atoms with van der Waals surface area (Å²) in [5.74, 6) is 0.464. The number of amides is 2. The summed E-state index contributed by atoms with van der Waals surface area (Å²) in [5, 5.41) is 12.4. The molecule has 0 saturated carbocycles. The molecule has 4 heteroatoms. The van der Waals surface area contributed by atoms with Crippen LogP contribution in [-0.4, -0.2) is 11.1 Å². The van der Waals surface area contributed by atoms with Gasteiger partial charge in [-0.15, -0.1) is 0 Å². The molecule has 0 radical (unpaired) electrons. The highest BCUT2D eigenvalue weighted by Crippen LogP contribution is 2.39. The Labute approximate surface area is 153 Å². The van der Waals surface area contributed by atoms with Crippen LogP contribution in [0.3, 0.4) is 0 Å². The van der Waals surface area contributed by atoms with Crippen LogP contribution in [0, 0.1) is 5.92 Å². The maximum Gasteiger partial charge on any atom is 0.330 e. The molecule has 1 heterocycles. The van der Waals surface area contributed by atoms with E-state index in [-0.39, 0.29) is 17.7 Å². The predicted octanol–water partition coefficient (Wildman–Crippen LogP) is 5.23. The van der Waals surface area contributed by atoms with E-state index in [2.05, 4.69) is 30.5 Å². The third kappa shape index (κ3) is 2.99. The Kier molecular flexibility index (Phi) is 4.25. The van der Waals surface area contributed by atoms with Crippen LogP contribution >= 0.6 is 0 Å². The number of aromatic hydroxyl groups is 1. The summed E-state index contributed by atoms with van der Waals surface area (Å²) in [5.41, 5.74) is 5.13.